The minimum Gasteiger partial charge on any atom is -0.456 e. The highest BCUT2D eigenvalue weighted by atomic mass is 16.3. The van der Waals surface area contributed by atoms with Gasteiger partial charge in [-0.25, -0.2) is 15.0 Å². The fraction of sp³-hybridized carbons (Fsp3) is 0. The summed E-state index contributed by atoms with van der Waals surface area (Å²) in [5, 5.41) is 11.1. The summed E-state index contributed by atoms with van der Waals surface area (Å²) in [6.07, 6.45) is 0. The van der Waals surface area contributed by atoms with Crippen LogP contribution in [-0.4, -0.2) is 15.0 Å². The molecule has 0 amide bonds. The van der Waals surface area contributed by atoms with E-state index in [4.69, 9.17) is 23.8 Å². The van der Waals surface area contributed by atoms with Crippen LogP contribution in [0.5, 0.6) is 0 Å². The summed E-state index contributed by atoms with van der Waals surface area (Å²) in [4.78, 5) is 15.6. The first-order valence-electron chi connectivity index (χ1n) is 16.7. The number of para-hydroxylation sites is 2. The second-order valence-corrected chi connectivity index (χ2v) is 12.7. The van der Waals surface area contributed by atoms with E-state index in [-0.39, 0.29) is 0 Å². The SMILES string of the molecule is c1ccc2c(c1)ccc1cc(-c3nc(-c4cccc5c4ccc4oc6ccccc6c45)nc(-c4cccc5oc6ccccc6c45)n3)ccc12. The number of hydrogen-bond acceptors (Lipinski definition) is 5. The van der Waals surface area contributed by atoms with Gasteiger partial charge in [0.1, 0.15) is 22.3 Å². The van der Waals surface area contributed by atoms with E-state index in [0.29, 0.717) is 17.5 Å². The molecule has 0 atom stereocenters. The van der Waals surface area contributed by atoms with Gasteiger partial charge in [0, 0.05) is 38.2 Å². The van der Waals surface area contributed by atoms with Gasteiger partial charge in [0.15, 0.2) is 17.5 Å². The van der Waals surface area contributed by atoms with E-state index in [1.54, 1.807) is 0 Å². The Morgan fingerprint density at radius 2 is 0.880 bits per heavy atom. The van der Waals surface area contributed by atoms with Crippen molar-refractivity contribution in [1.29, 1.82) is 0 Å². The average Bonchev–Trinajstić information content (AvgIpc) is 3.76. The maximum absolute atomic E-state index is 6.27. The summed E-state index contributed by atoms with van der Waals surface area (Å²) < 4.78 is 12.5. The summed E-state index contributed by atoms with van der Waals surface area (Å²) in [6.45, 7) is 0. The zero-order valence-electron chi connectivity index (χ0n) is 26.6. The van der Waals surface area contributed by atoms with Gasteiger partial charge in [-0.3, -0.25) is 0 Å². The largest absolute Gasteiger partial charge is 0.456 e. The molecule has 11 aromatic rings. The quantitative estimate of drug-likeness (QED) is 0.180. The minimum absolute atomic E-state index is 0.590. The van der Waals surface area contributed by atoms with Crippen LogP contribution in [0.2, 0.25) is 0 Å². The summed E-state index contributed by atoms with van der Waals surface area (Å²) in [5.41, 5.74) is 6.10. The zero-order chi connectivity index (χ0) is 32.8. The van der Waals surface area contributed by atoms with Crippen molar-refractivity contribution in [3.05, 3.63) is 152 Å². The lowest BCUT2D eigenvalue weighted by atomic mass is 9.98. The van der Waals surface area contributed by atoms with Gasteiger partial charge >= 0.3 is 0 Å². The van der Waals surface area contributed by atoms with E-state index in [1.807, 2.05) is 42.5 Å². The molecule has 0 fully saturated rings. The lowest BCUT2D eigenvalue weighted by Gasteiger charge is -2.12. The first-order chi connectivity index (χ1) is 24.8. The van der Waals surface area contributed by atoms with Crippen LogP contribution in [0.3, 0.4) is 0 Å². The molecule has 0 saturated heterocycles. The third-order valence-corrected chi connectivity index (χ3v) is 9.92. The molecule has 3 heterocycles. The molecule has 232 valence electrons. The molecule has 5 heteroatoms. The molecular weight excluding hydrogens is 615 g/mol. The van der Waals surface area contributed by atoms with Gasteiger partial charge in [0.2, 0.25) is 0 Å². The number of rotatable bonds is 3. The molecule has 0 N–H and O–H groups in total. The molecule has 3 aromatic heterocycles. The molecule has 5 nitrogen and oxygen atoms in total. The molecule has 11 rings (SSSR count). The molecule has 0 aliphatic rings. The zero-order valence-corrected chi connectivity index (χ0v) is 26.6. The van der Waals surface area contributed by atoms with E-state index < -0.39 is 0 Å². The summed E-state index contributed by atoms with van der Waals surface area (Å²) >= 11 is 0. The summed E-state index contributed by atoms with van der Waals surface area (Å²) in [5.74, 6) is 1.80. The van der Waals surface area contributed by atoms with Crippen molar-refractivity contribution in [3.8, 4) is 34.2 Å². The highest BCUT2D eigenvalue weighted by Gasteiger charge is 2.20. The second-order valence-electron chi connectivity index (χ2n) is 12.7. The van der Waals surface area contributed by atoms with Crippen LogP contribution in [0.1, 0.15) is 0 Å². The Bertz CT molecular complexity index is 3170. The second kappa shape index (κ2) is 10.3. The lowest BCUT2D eigenvalue weighted by molar-refractivity contribution is 0.668. The van der Waals surface area contributed by atoms with Crippen molar-refractivity contribution in [1.82, 2.24) is 15.0 Å². The molecular formula is C45H25N3O2. The highest BCUT2D eigenvalue weighted by Crippen LogP contribution is 2.40. The number of benzene rings is 8. The monoisotopic (exact) mass is 639 g/mol. The number of hydrogen-bond donors (Lipinski definition) is 0. The van der Waals surface area contributed by atoms with Crippen LogP contribution < -0.4 is 0 Å². The Morgan fingerprint density at radius 3 is 1.72 bits per heavy atom. The van der Waals surface area contributed by atoms with Crippen molar-refractivity contribution in [3.63, 3.8) is 0 Å². The molecule has 0 saturated carbocycles. The van der Waals surface area contributed by atoms with Crippen LogP contribution in [0.4, 0.5) is 0 Å². The van der Waals surface area contributed by atoms with Gasteiger partial charge < -0.3 is 8.83 Å². The van der Waals surface area contributed by atoms with Gasteiger partial charge in [-0.2, -0.15) is 0 Å². The van der Waals surface area contributed by atoms with E-state index in [0.717, 1.165) is 76.7 Å². The fourth-order valence-electron chi connectivity index (χ4n) is 7.64. The first kappa shape index (κ1) is 27.1. The van der Waals surface area contributed by atoms with Crippen molar-refractivity contribution >= 4 is 76.2 Å². The number of nitrogens with zero attached hydrogens (tertiary/aromatic N) is 3. The molecule has 0 unspecified atom stereocenters. The van der Waals surface area contributed by atoms with Crippen molar-refractivity contribution in [2.45, 2.75) is 0 Å². The normalized spacial score (nSPS) is 12.0. The van der Waals surface area contributed by atoms with Gasteiger partial charge in [-0.15, -0.1) is 0 Å². The number of furan rings is 2. The Kier molecular flexibility index (Phi) is 5.60. The van der Waals surface area contributed by atoms with Crippen molar-refractivity contribution in [2.24, 2.45) is 0 Å². The Labute approximate surface area is 285 Å². The molecule has 50 heavy (non-hydrogen) atoms. The van der Waals surface area contributed by atoms with E-state index >= 15 is 0 Å². The standard InChI is InChI=1S/C45H25N3O2/c1-2-10-29-26(9-1)19-20-27-25-28(21-22-30(27)29)43-46-44(48-45(47-43)36-15-8-18-39-42(36)35-12-4-6-17-38(35)49-39)33-14-7-13-32-31(33)23-24-40-41(32)34-11-3-5-16-37(34)50-40/h1-25H. The number of fused-ring (bicyclic) bond motifs is 11. The van der Waals surface area contributed by atoms with Crippen LogP contribution >= 0.6 is 0 Å². The van der Waals surface area contributed by atoms with Crippen molar-refractivity contribution < 1.29 is 8.83 Å². The topological polar surface area (TPSA) is 65.0 Å². The average molecular weight is 640 g/mol. The van der Waals surface area contributed by atoms with Gasteiger partial charge in [0.25, 0.3) is 0 Å². The molecule has 0 radical (unpaired) electrons. The molecule has 0 aliphatic heterocycles. The Hall–Kier alpha value is -6.85. The summed E-state index contributed by atoms with van der Waals surface area (Å²) in [6, 6.07) is 52.2. The van der Waals surface area contributed by atoms with Crippen LogP contribution in [0, 0.1) is 0 Å². The Balaban J connectivity index is 1.19. The van der Waals surface area contributed by atoms with Gasteiger partial charge in [0.05, 0.1) is 0 Å². The van der Waals surface area contributed by atoms with Gasteiger partial charge in [-0.05, 0) is 68.7 Å². The van der Waals surface area contributed by atoms with E-state index in [9.17, 15) is 0 Å². The molecule has 0 spiro atoms. The number of aromatic nitrogens is 3. The van der Waals surface area contributed by atoms with E-state index in [1.165, 1.54) is 16.2 Å². The molecule has 0 bridgehead atoms. The van der Waals surface area contributed by atoms with Crippen molar-refractivity contribution in [2.75, 3.05) is 0 Å². The molecule has 0 aliphatic carbocycles. The predicted octanol–water partition coefficient (Wildman–Crippen LogP) is 12.1. The molecule has 8 aromatic carbocycles. The maximum atomic E-state index is 6.27. The lowest BCUT2D eigenvalue weighted by Crippen LogP contribution is -2.01. The van der Waals surface area contributed by atoms with Gasteiger partial charge in [-0.1, -0.05) is 115 Å². The van der Waals surface area contributed by atoms with Crippen LogP contribution in [-0.2, 0) is 0 Å². The Morgan fingerprint density at radius 1 is 0.320 bits per heavy atom. The predicted molar refractivity (Wildman–Crippen MR) is 203 cm³/mol. The van der Waals surface area contributed by atoms with E-state index in [2.05, 4.69) is 109 Å². The first-order valence-corrected chi connectivity index (χ1v) is 16.7. The summed E-state index contributed by atoms with van der Waals surface area (Å²) in [7, 11) is 0. The van der Waals surface area contributed by atoms with Crippen LogP contribution in [0.25, 0.3) is 110 Å². The smallest absolute Gasteiger partial charge is 0.164 e. The third-order valence-electron chi connectivity index (χ3n) is 9.92. The highest BCUT2D eigenvalue weighted by molar-refractivity contribution is 6.21. The maximum Gasteiger partial charge on any atom is 0.164 e. The third kappa shape index (κ3) is 3.98. The van der Waals surface area contributed by atoms with Crippen LogP contribution in [0.15, 0.2) is 160 Å². The fourth-order valence-corrected chi connectivity index (χ4v) is 7.64. The minimum atomic E-state index is 0.590.